The molecule has 6 nitrogen and oxygen atoms in total. The number of nitriles is 1. The van der Waals surface area contributed by atoms with Crippen LogP contribution in [-0.4, -0.2) is 20.7 Å². The molecular weight excluding hydrogens is 298 g/mol. The largest absolute Gasteiger partial charge is 0.324 e. The van der Waals surface area contributed by atoms with Crippen molar-refractivity contribution in [2.75, 3.05) is 5.32 Å². The predicted molar refractivity (Wildman–Crippen MR) is 83.1 cm³/mol. The van der Waals surface area contributed by atoms with Gasteiger partial charge in [0.25, 0.3) is 0 Å². The average Bonchev–Trinajstić information content (AvgIpc) is 3.18. The maximum Gasteiger partial charge on any atom is 0.246 e. The Labute approximate surface area is 130 Å². The number of benzene rings is 1. The van der Waals surface area contributed by atoms with Crippen LogP contribution in [0.2, 0.25) is 0 Å². The third kappa shape index (κ3) is 3.19. The Bertz CT molecular complexity index is 832. The quantitative estimate of drug-likeness (QED) is 0.802. The molecule has 2 aromatic heterocycles. The van der Waals surface area contributed by atoms with Gasteiger partial charge in [0.05, 0.1) is 11.6 Å². The number of thiazole rings is 1. The maximum atomic E-state index is 12.0. The van der Waals surface area contributed by atoms with E-state index in [9.17, 15) is 4.79 Å². The van der Waals surface area contributed by atoms with Crippen molar-refractivity contribution in [3.8, 4) is 16.8 Å². The third-order valence-corrected chi connectivity index (χ3v) is 3.67. The number of anilines is 1. The second-order valence-corrected chi connectivity index (χ2v) is 5.37. The molecule has 3 rings (SSSR count). The van der Waals surface area contributed by atoms with Gasteiger partial charge in [-0.1, -0.05) is 6.07 Å². The highest BCUT2D eigenvalue weighted by atomic mass is 32.1. The van der Waals surface area contributed by atoms with Gasteiger partial charge in [-0.3, -0.25) is 9.48 Å². The van der Waals surface area contributed by atoms with E-state index in [2.05, 4.69) is 15.4 Å². The molecule has 0 unspecified atom stereocenters. The number of nitrogens with zero attached hydrogens (tertiary/aromatic N) is 4. The molecule has 0 aliphatic heterocycles. The van der Waals surface area contributed by atoms with Crippen molar-refractivity contribution in [2.45, 2.75) is 6.54 Å². The fourth-order valence-corrected chi connectivity index (χ4v) is 2.53. The Balaban J connectivity index is 1.66. The van der Waals surface area contributed by atoms with Crippen LogP contribution in [-0.2, 0) is 11.3 Å². The Hall–Kier alpha value is -2.98. The summed E-state index contributed by atoms with van der Waals surface area (Å²) >= 11 is 1.50. The molecular formula is C15H11N5OS. The standard InChI is InChI=1S/C15H11N5OS/c16-9-11-2-1-3-12(8-11)18-14(21)10-20-6-4-13(19-20)15-17-5-7-22-15/h1-8H,10H2,(H,18,21). The molecule has 7 heteroatoms. The van der Waals surface area contributed by atoms with Crippen LogP contribution in [0.1, 0.15) is 5.56 Å². The van der Waals surface area contributed by atoms with E-state index < -0.39 is 0 Å². The van der Waals surface area contributed by atoms with E-state index in [0.29, 0.717) is 11.3 Å². The van der Waals surface area contributed by atoms with Gasteiger partial charge in [0.2, 0.25) is 5.91 Å². The monoisotopic (exact) mass is 309 g/mol. The summed E-state index contributed by atoms with van der Waals surface area (Å²) < 4.78 is 1.56. The number of amides is 1. The Morgan fingerprint density at radius 1 is 1.41 bits per heavy atom. The third-order valence-electron chi connectivity index (χ3n) is 2.87. The van der Waals surface area contributed by atoms with E-state index in [1.807, 2.05) is 17.5 Å². The zero-order chi connectivity index (χ0) is 15.4. The first kappa shape index (κ1) is 14.0. The van der Waals surface area contributed by atoms with Crippen molar-refractivity contribution < 1.29 is 4.79 Å². The van der Waals surface area contributed by atoms with Gasteiger partial charge in [0.15, 0.2) is 0 Å². The molecule has 22 heavy (non-hydrogen) atoms. The number of hydrogen-bond acceptors (Lipinski definition) is 5. The molecule has 0 saturated carbocycles. The number of carbonyl (C=O) groups excluding carboxylic acids is 1. The highest BCUT2D eigenvalue weighted by Crippen LogP contribution is 2.19. The van der Waals surface area contributed by atoms with Crippen molar-refractivity contribution in [1.29, 1.82) is 5.26 Å². The summed E-state index contributed by atoms with van der Waals surface area (Å²) in [5.41, 5.74) is 1.84. The number of carbonyl (C=O) groups is 1. The second-order valence-electron chi connectivity index (χ2n) is 4.48. The molecule has 3 aromatic rings. The van der Waals surface area contributed by atoms with Gasteiger partial charge in [0.1, 0.15) is 17.2 Å². The minimum atomic E-state index is -0.205. The van der Waals surface area contributed by atoms with Crippen molar-refractivity contribution in [1.82, 2.24) is 14.8 Å². The Morgan fingerprint density at radius 2 is 2.32 bits per heavy atom. The van der Waals surface area contributed by atoms with Gasteiger partial charge in [0, 0.05) is 23.5 Å². The molecule has 0 radical (unpaired) electrons. The molecule has 0 aliphatic carbocycles. The smallest absolute Gasteiger partial charge is 0.246 e. The SMILES string of the molecule is N#Cc1cccc(NC(=O)Cn2ccc(-c3nccs3)n2)c1. The van der Waals surface area contributed by atoms with Gasteiger partial charge < -0.3 is 5.32 Å². The van der Waals surface area contributed by atoms with Crippen LogP contribution < -0.4 is 5.32 Å². The molecule has 0 aliphatic rings. The molecule has 0 atom stereocenters. The van der Waals surface area contributed by atoms with Crippen LogP contribution in [0.3, 0.4) is 0 Å². The summed E-state index contributed by atoms with van der Waals surface area (Å²) in [6.45, 7) is 0.0994. The van der Waals surface area contributed by atoms with Crippen LogP contribution in [0, 0.1) is 11.3 Å². The summed E-state index contributed by atoms with van der Waals surface area (Å²) in [6.07, 6.45) is 3.45. The molecule has 1 N–H and O–H groups in total. The van der Waals surface area contributed by atoms with E-state index in [-0.39, 0.29) is 12.5 Å². The maximum absolute atomic E-state index is 12.0. The van der Waals surface area contributed by atoms with Gasteiger partial charge in [-0.15, -0.1) is 11.3 Å². The minimum absolute atomic E-state index is 0.0994. The zero-order valence-corrected chi connectivity index (χ0v) is 12.2. The summed E-state index contributed by atoms with van der Waals surface area (Å²) in [5.74, 6) is -0.205. The lowest BCUT2D eigenvalue weighted by atomic mass is 10.2. The summed E-state index contributed by atoms with van der Waals surface area (Å²) in [7, 11) is 0. The first-order chi connectivity index (χ1) is 10.7. The van der Waals surface area contributed by atoms with Gasteiger partial charge in [-0.05, 0) is 24.3 Å². The Kier molecular flexibility index (Phi) is 3.94. The normalized spacial score (nSPS) is 10.1. The molecule has 1 amide bonds. The van der Waals surface area contributed by atoms with Gasteiger partial charge in [-0.25, -0.2) is 4.98 Å². The fraction of sp³-hybridized carbons (Fsp3) is 0.0667. The zero-order valence-electron chi connectivity index (χ0n) is 11.4. The van der Waals surface area contributed by atoms with Crippen LogP contribution >= 0.6 is 11.3 Å². The van der Waals surface area contributed by atoms with E-state index in [0.717, 1.165) is 10.7 Å². The lowest BCUT2D eigenvalue weighted by Gasteiger charge is -2.05. The van der Waals surface area contributed by atoms with Crippen LogP contribution in [0.5, 0.6) is 0 Å². The number of rotatable bonds is 4. The molecule has 0 fully saturated rings. The van der Waals surface area contributed by atoms with Gasteiger partial charge >= 0.3 is 0 Å². The molecule has 0 spiro atoms. The predicted octanol–water partition coefficient (Wildman–Crippen LogP) is 2.52. The van der Waals surface area contributed by atoms with E-state index in [4.69, 9.17) is 5.26 Å². The van der Waals surface area contributed by atoms with Crippen molar-refractivity contribution in [3.63, 3.8) is 0 Å². The first-order valence-electron chi connectivity index (χ1n) is 6.48. The highest BCUT2D eigenvalue weighted by molar-refractivity contribution is 7.13. The van der Waals surface area contributed by atoms with Crippen molar-refractivity contribution in [3.05, 3.63) is 53.7 Å². The highest BCUT2D eigenvalue weighted by Gasteiger charge is 2.08. The lowest BCUT2D eigenvalue weighted by molar-refractivity contribution is -0.116. The number of aromatic nitrogens is 3. The van der Waals surface area contributed by atoms with Crippen molar-refractivity contribution >= 4 is 22.9 Å². The van der Waals surface area contributed by atoms with E-state index in [1.165, 1.54) is 11.3 Å². The summed E-state index contributed by atoms with van der Waals surface area (Å²) in [6, 6.07) is 10.6. The minimum Gasteiger partial charge on any atom is -0.324 e. The molecule has 108 valence electrons. The molecule has 0 saturated heterocycles. The van der Waals surface area contributed by atoms with Crippen LogP contribution in [0.25, 0.3) is 10.7 Å². The van der Waals surface area contributed by atoms with Crippen LogP contribution in [0.15, 0.2) is 48.1 Å². The van der Waals surface area contributed by atoms with Crippen LogP contribution in [0.4, 0.5) is 5.69 Å². The first-order valence-corrected chi connectivity index (χ1v) is 7.36. The van der Waals surface area contributed by atoms with E-state index in [1.54, 1.807) is 41.3 Å². The Morgan fingerprint density at radius 3 is 3.09 bits per heavy atom. The van der Waals surface area contributed by atoms with Gasteiger partial charge in [-0.2, -0.15) is 10.4 Å². The topological polar surface area (TPSA) is 83.6 Å². The number of nitrogens with one attached hydrogen (secondary N) is 1. The van der Waals surface area contributed by atoms with E-state index >= 15 is 0 Å². The molecule has 1 aromatic carbocycles. The van der Waals surface area contributed by atoms with Crippen molar-refractivity contribution in [2.24, 2.45) is 0 Å². The molecule has 2 heterocycles. The fourth-order valence-electron chi connectivity index (χ4n) is 1.93. The number of hydrogen-bond donors (Lipinski definition) is 1. The molecule has 0 bridgehead atoms. The average molecular weight is 309 g/mol. The summed E-state index contributed by atoms with van der Waals surface area (Å²) in [5, 5.41) is 18.6. The summed E-state index contributed by atoms with van der Waals surface area (Å²) in [4.78, 5) is 16.2. The second kappa shape index (κ2) is 6.20. The lowest BCUT2D eigenvalue weighted by Crippen LogP contribution is -2.19.